The Morgan fingerprint density at radius 3 is 2.26 bits per heavy atom. The molecule has 0 aromatic carbocycles. The van der Waals surface area contributed by atoms with E-state index in [2.05, 4.69) is 47.6 Å². The average Bonchev–Trinajstić information content (AvgIpc) is 2.76. The predicted molar refractivity (Wildman–Crippen MR) is 133 cm³/mol. The number of rotatable bonds is 1. The first-order valence-electron chi connectivity index (χ1n) is 13.8. The minimum absolute atomic E-state index is 0.00787. The molecule has 5 aliphatic carbocycles. The van der Waals surface area contributed by atoms with Gasteiger partial charge in [-0.3, -0.25) is 9.59 Å². The molecular weight excluding hydrogens is 424 g/mol. The van der Waals surface area contributed by atoms with Crippen LogP contribution in [0.1, 0.15) is 99.3 Å². The molecule has 4 nitrogen and oxygen atoms in total. The fourth-order valence-corrected chi connectivity index (χ4v) is 10.2. The molecule has 8 atom stereocenters. The first kappa shape index (κ1) is 24.5. The Kier molecular flexibility index (Phi) is 5.36. The number of esters is 1. The van der Waals surface area contributed by atoms with Crippen LogP contribution in [0.2, 0.25) is 0 Å². The van der Waals surface area contributed by atoms with E-state index < -0.39 is 5.41 Å². The van der Waals surface area contributed by atoms with E-state index in [0.717, 1.165) is 57.8 Å². The molecule has 34 heavy (non-hydrogen) atoms. The second-order valence-electron chi connectivity index (χ2n) is 14.6. The summed E-state index contributed by atoms with van der Waals surface area (Å²) < 4.78 is 5.40. The lowest BCUT2D eigenvalue weighted by Gasteiger charge is -2.66. The van der Waals surface area contributed by atoms with E-state index in [0.29, 0.717) is 11.8 Å². The van der Waals surface area contributed by atoms with Crippen LogP contribution in [-0.2, 0) is 14.3 Å². The Bertz CT molecular complexity index is 930. The van der Waals surface area contributed by atoms with Crippen molar-refractivity contribution in [2.45, 2.75) is 105 Å². The molecule has 0 radical (unpaired) electrons. The number of ether oxygens (including phenoxy) is 1. The maximum Gasteiger partial charge on any atom is 0.312 e. The van der Waals surface area contributed by atoms with E-state index in [1.807, 2.05) is 0 Å². The third-order valence-corrected chi connectivity index (χ3v) is 12.2. The SMILES string of the molecule is COC(=O)C12CCC3C(C(=O)C=C4C3(C)CCC3C4(C)CCC(O)C3(C)C)C1CC(C)(C)CC2. The van der Waals surface area contributed by atoms with Crippen LogP contribution in [0.5, 0.6) is 0 Å². The molecule has 0 aromatic heterocycles. The van der Waals surface area contributed by atoms with Crippen LogP contribution in [0, 0.1) is 50.7 Å². The highest BCUT2D eigenvalue weighted by atomic mass is 16.5. The fraction of sp³-hybridized carbons (Fsp3) is 0.867. The minimum Gasteiger partial charge on any atom is -0.469 e. The summed E-state index contributed by atoms with van der Waals surface area (Å²) in [4.78, 5) is 27.4. The molecule has 0 aromatic rings. The van der Waals surface area contributed by atoms with Crippen LogP contribution in [0.4, 0.5) is 0 Å². The Labute approximate surface area is 206 Å². The normalized spacial score (nSPS) is 49.0. The Balaban J connectivity index is 1.60. The largest absolute Gasteiger partial charge is 0.469 e. The van der Waals surface area contributed by atoms with Crippen LogP contribution >= 0.6 is 0 Å². The molecule has 0 heterocycles. The van der Waals surface area contributed by atoms with Gasteiger partial charge in [-0.15, -0.1) is 0 Å². The van der Waals surface area contributed by atoms with Gasteiger partial charge in [0.25, 0.3) is 0 Å². The number of hydrogen-bond donors (Lipinski definition) is 1. The number of carbonyl (C=O) groups is 2. The van der Waals surface area contributed by atoms with Crippen molar-refractivity contribution in [1.82, 2.24) is 0 Å². The maximum absolute atomic E-state index is 14.1. The van der Waals surface area contributed by atoms with Crippen LogP contribution in [0.15, 0.2) is 11.6 Å². The number of allylic oxidation sites excluding steroid dienone is 2. The maximum atomic E-state index is 14.1. The molecule has 1 N–H and O–H groups in total. The van der Waals surface area contributed by atoms with Gasteiger partial charge in [0.1, 0.15) is 0 Å². The monoisotopic (exact) mass is 470 g/mol. The minimum atomic E-state index is -0.499. The Morgan fingerprint density at radius 1 is 0.912 bits per heavy atom. The number of fused-ring (bicyclic) bond motifs is 7. The first-order chi connectivity index (χ1) is 15.7. The zero-order chi connectivity index (χ0) is 24.9. The van der Waals surface area contributed by atoms with Gasteiger partial charge < -0.3 is 9.84 Å². The molecule has 8 unspecified atom stereocenters. The predicted octanol–water partition coefficient (Wildman–Crippen LogP) is 6.11. The molecule has 4 saturated carbocycles. The van der Waals surface area contributed by atoms with E-state index in [1.165, 1.54) is 12.7 Å². The van der Waals surface area contributed by atoms with Gasteiger partial charge in [0.15, 0.2) is 5.78 Å². The highest BCUT2D eigenvalue weighted by molar-refractivity contribution is 5.95. The van der Waals surface area contributed by atoms with E-state index in [1.54, 1.807) is 0 Å². The molecule has 190 valence electrons. The average molecular weight is 471 g/mol. The van der Waals surface area contributed by atoms with E-state index in [9.17, 15) is 14.7 Å². The van der Waals surface area contributed by atoms with Gasteiger partial charge in [-0.05, 0) is 103 Å². The second kappa shape index (κ2) is 7.43. The van der Waals surface area contributed by atoms with Gasteiger partial charge in [-0.2, -0.15) is 0 Å². The van der Waals surface area contributed by atoms with Gasteiger partial charge in [0.2, 0.25) is 0 Å². The van der Waals surface area contributed by atoms with Crippen molar-refractivity contribution < 1.29 is 19.4 Å². The molecule has 0 spiro atoms. The van der Waals surface area contributed by atoms with Crippen molar-refractivity contribution in [2.75, 3.05) is 7.11 Å². The molecule has 5 aliphatic rings. The summed E-state index contributed by atoms with van der Waals surface area (Å²) in [6, 6.07) is 0. The smallest absolute Gasteiger partial charge is 0.312 e. The molecular formula is C30H46O4. The van der Waals surface area contributed by atoms with Crippen molar-refractivity contribution in [3.8, 4) is 0 Å². The van der Waals surface area contributed by atoms with E-state index in [-0.39, 0.29) is 51.4 Å². The zero-order valence-corrected chi connectivity index (χ0v) is 22.5. The summed E-state index contributed by atoms with van der Waals surface area (Å²) in [6.45, 7) is 13.9. The van der Waals surface area contributed by atoms with Crippen molar-refractivity contribution in [3.63, 3.8) is 0 Å². The van der Waals surface area contributed by atoms with Gasteiger partial charge >= 0.3 is 5.97 Å². The highest BCUT2D eigenvalue weighted by Gasteiger charge is 2.67. The van der Waals surface area contributed by atoms with Gasteiger partial charge in [0, 0.05) is 5.92 Å². The Morgan fingerprint density at radius 2 is 1.59 bits per heavy atom. The third-order valence-electron chi connectivity index (χ3n) is 12.2. The first-order valence-corrected chi connectivity index (χ1v) is 13.8. The van der Waals surface area contributed by atoms with Crippen molar-refractivity contribution in [1.29, 1.82) is 0 Å². The quantitative estimate of drug-likeness (QED) is 0.470. The van der Waals surface area contributed by atoms with Gasteiger partial charge in [-0.1, -0.05) is 47.1 Å². The second-order valence-corrected chi connectivity index (χ2v) is 14.6. The van der Waals surface area contributed by atoms with E-state index in [4.69, 9.17) is 4.74 Å². The summed E-state index contributed by atoms with van der Waals surface area (Å²) in [5.41, 5.74) is 0.812. The number of carbonyl (C=O) groups excluding carboxylic acids is 2. The molecule has 4 fully saturated rings. The summed E-state index contributed by atoms with van der Waals surface area (Å²) in [7, 11) is 1.52. The molecule has 5 rings (SSSR count). The van der Waals surface area contributed by atoms with E-state index >= 15 is 0 Å². The van der Waals surface area contributed by atoms with Gasteiger partial charge in [0.05, 0.1) is 18.6 Å². The summed E-state index contributed by atoms with van der Waals surface area (Å²) in [5, 5.41) is 10.8. The van der Waals surface area contributed by atoms with Crippen LogP contribution in [-0.4, -0.2) is 30.1 Å². The number of aliphatic hydroxyl groups excluding tert-OH is 1. The summed E-state index contributed by atoms with van der Waals surface area (Å²) in [6.07, 6.45) is 10.3. The number of ketones is 1. The van der Waals surface area contributed by atoms with Crippen LogP contribution in [0.25, 0.3) is 0 Å². The standard InChI is InChI=1S/C30H46O4/c1-26(2)14-15-30(25(33)34-7)13-8-18-24(19(30)17-26)20(31)16-22-28(18,5)11-9-21-27(3,4)23(32)10-12-29(21,22)6/h16,18-19,21,23-24,32H,8-15,17H2,1-7H3. The number of aliphatic hydroxyl groups is 1. The lowest BCUT2D eigenvalue weighted by molar-refractivity contribution is -0.180. The highest BCUT2D eigenvalue weighted by Crippen LogP contribution is 2.71. The van der Waals surface area contributed by atoms with Crippen molar-refractivity contribution in [2.24, 2.45) is 50.7 Å². The number of hydrogen-bond acceptors (Lipinski definition) is 4. The molecule has 0 aliphatic heterocycles. The Hall–Kier alpha value is -1.16. The zero-order valence-electron chi connectivity index (χ0n) is 22.5. The summed E-state index contributed by atoms with van der Waals surface area (Å²) >= 11 is 0. The molecule has 0 amide bonds. The van der Waals surface area contributed by atoms with Crippen molar-refractivity contribution >= 4 is 11.8 Å². The topological polar surface area (TPSA) is 63.6 Å². The van der Waals surface area contributed by atoms with Gasteiger partial charge in [-0.25, -0.2) is 0 Å². The van der Waals surface area contributed by atoms with Crippen LogP contribution in [0.3, 0.4) is 0 Å². The molecule has 0 bridgehead atoms. The number of methoxy groups -OCH3 is 1. The fourth-order valence-electron chi connectivity index (χ4n) is 10.2. The lowest BCUT2D eigenvalue weighted by atomic mass is 9.38. The molecule has 4 heteroatoms. The molecule has 0 saturated heterocycles. The lowest BCUT2D eigenvalue weighted by Crippen LogP contribution is -2.62. The van der Waals surface area contributed by atoms with Crippen LogP contribution < -0.4 is 0 Å². The van der Waals surface area contributed by atoms with Crippen molar-refractivity contribution in [3.05, 3.63) is 11.6 Å². The summed E-state index contributed by atoms with van der Waals surface area (Å²) in [5.74, 6) is 0.850. The third kappa shape index (κ3) is 3.05.